The Labute approximate surface area is 127 Å². The number of rotatable bonds is 4. The van der Waals surface area contributed by atoms with Crippen molar-refractivity contribution in [2.24, 2.45) is 0 Å². The summed E-state index contributed by atoms with van der Waals surface area (Å²) in [5.74, 6) is 0. The molecule has 0 aromatic heterocycles. The fraction of sp³-hybridized carbons (Fsp3) is 0.294. The van der Waals surface area contributed by atoms with Gasteiger partial charge < -0.3 is 0 Å². The lowest BCUT2D eigenvalue weighted by Crippen LogP contribution is -2.27. The third-order valence-corrected chi connectivity index (χ3v) is 5.24. The summed E-state index contributed by atoms with van der Waals surface area (Å²) in [6, 6.07) is 12.8. The van der Waals surface area contributed by atoms with Gasteiger partial charge in [0, 0.05) is 6.04 Å². The Bertz CT molecular complexity index is 734. The molecule has 112 valence electrons. The summed E-state index contributed by atoms with van der Waals surface area (Å²) in [7, 11) is -3.51. The fourth-order valence-corrected chi connectivity index (χ4v) is 3.42. The van der Waals surface area contributed by atoms with E-state index in [9.17, 15) is 8.42 Å². The molecule has 0 spiro atoms. The lowest BCUT2D eigenvalue weighted by atomic mass is 10.1. The minimum absolute atomic E-state index is 0.266. The van der Waals surface area contributed by atoms with E-state index in [1.807, 2.05) is 58.0 Å². The fourth-order valence-electron chi connectivity index (χ4n) is 2.11. The topological polar surface area (TPSA) is 46.2 Å². The molecule has 0 radical (unpaired) electrons. The quantitative estimate of drug-likeness (QED) is 0.937. The highest BCUT2D eigenvalue weighted by molar-refractivity contribution is 7.89. The van der Waals surface area contributed by atoms with Crippen LogP contribution in [0.5, 0.6) is 0 Å². The van der Waals surface area contributed by atoms with Crippen LogP contribution in [0.2, 0.25) is 0 Å². The molecule has 2 aromatic carbocycles. The maximum absolute atomic E-state index is 12.4. The molecule has 4 heteroatoms. The predicted octanol–water partition coefficient (Wildman–Crippen LogP) is 3.65. The van der Waals surface area contributed by atoms with E-state index in [0.717, 1.165) is 22.3 Å². The lowest BCUT2D eigenvalue weighted by molar-refractivity contribution is 0.567. The molecule has 21 heavy (non-hydrogen) atoms. The Hall–Kier alpha value is -1.65. The molecule has 0 aliphatic carbocycles. The van der Waals surface area contributed by atoms with Gasteiger partial charge in [-0.15, -0.1) is 0 Å². The van der Waals surface area contributed by atoms with Crippen molar-refractivity contribution in [3.63, 3.8) is 0 Å². The van der Waals surface area contributed by atoms with E-state index >= 15 is 0 Å². The zero-order valence-corrected chi connectivity index (χ0v) is 13.7. The molecule has 2 rings (SSSR count). The summed E-state index contributed by atoms with van der Waals surface area (Å²) >= 11 is 0. The van der Waals surface area contributed by atoms with Crippen LogP contribution in [-0.2, 0) is 10.0 Å². The molecule has 3 nitrogen and oxygen atoms in total. The van der Waals surface area contributed by atoms with E-state index in [1.165, 1.54) is 0 Å². The Kier molecular flexibility index (Phi) is 4.49. The number of aryl methyl sites for hydroxylation is 3. The Morgan fingerprint density at radius 2 is 1.52 bits per heavy atom. The number of sulfonamides is 1. The second-order valence-corrected chi connectivity index (χ2v) is 7.21. The Balaban J connectivity index is 2.24. The maximum atomic E-state index is 12.4. The lowest BCUT2D eigenvalue weighted by Gasteiger charge is -2.15. The minimum Gasteiger partial charge on any atom is -0.207 e. The van der Waals surface area contributed by atoms with Crippen LogP contribution in [0.25, 0.3) is 0 Å². The van der Waals surface area contributed by atoms with E-state index < -0.39 is 10.0 Å². The molecule has 2 aromatic rings. The van der Waals surface area contributed by atoms with Crippen LogP contribution in [0.15, 0.2) is 47.4 Å². The van der Waals surface area contributed by atoms with Crippen LogP contribution in [0.4, 0.5) is 0 Å². The summed E-state index contributed by atoms with van der Waals surface area (Å²) < 4.78 is 27.6. The molecular formula is C17H21NO2S. The molecule has 0 saturated heterocycles. The Morgan fingerprint density at radius 1 is 0.905 bits per heavy atom. The zero-order valence-electron chi connectivity index (χ0n) is 12.8. The summed E-state index contributed by atoms with van der Waals surface area (Å²) in [4.78, 5) is 0.310. The van der Waals surface area contributed by atoms with E-state index in [0.29, 0.717) is 4.90 Å². The van der Waals surface area contributed by atoms with Crippen molar-refractivity contribution in [2.45, 2.75) is 38.6 Å². The molecular weight excluding hydrogens is 282 g/mol. The second kappa shape index (κ2) is 6.00. The van der Waals surface area contributed by atoms with Crippen molar-refractivity contribution >= 4 is 10.0 Å². The van der Waals surface area contributed by atoms with Gasteiger partial charge in [-0.05, 0) is 56.5 Å². The van der Waals surface area contributed by atoms with Gasteiger partial charge in [0.2, 0.25) is 10.0 Å². The molecule has 0 saturated carbocycles. The van der Waals surface area contributed by atoms with Crippen LogP contribution in [-0.4, -0.2) is 8.42 Å². The standard InChI is InChI=1S/C17H21NO2S/c1-12-5-8-16(9-6-12)15(4)18-21(19,20)17-10-7-13(2)14(3)11-17/h5-11,15,18H,1-4H3. The number of hydrogen-bond donors (Lipinski definition) is 1. The van der Waals surface area contributed by atoms with Gasteiger partial charge in [0.1, 0.15) is 0 Å². The maximum Gasteiger partial charge on any atom is 0.241 e. The normalized spacial score (nSPS) is 13.1. The number of nitrogens with one attached hydrogen (secondary N) is 1. The molecule has 0 heterocycles. The van der Waals surface area contributed by atoms with Crippen molar-refractivity contribution in [3.05, 3.63) is 64.7 Å². The van der Waals surface area contributed by atoms with Crippen molar-refractivity contribution in [1.29, 1.82) is 0 Å². The first-order valence-electron chi connectivity index (χ1n) is 6.96. The van der Waals surface area contributed by atoms with Gasteiger partial charge >= 0.3 is 0 Å². The monoisotopic (exact) mass is 303 g/mol. The minimum atomic E-state index is -3.51. The average molecular weight is 303 g/mol. The van der Waals surface area contributed by atoms with E-state index in [4.69, 9.17) is 0 Å². The van der Waals surface area contributed by atoms with Crippen molar-refractivity contribution in [1.82, 2.24) is 4.72 Å². The molecule has 0 aliphatic rings. The summed E-state index contributed by atoms with van der Waals surface area (Å²) in [6.07, 6.45) is 0. The van der Waals surface area contributed by atoms with Gasteiger partial charge in [0.15, 0.2) is 0 Å². The van der Waals surface area contributed by atoms with Gasteiger partial charge in [0.05, 0.1) is 4.90 Å². The van der Waals surface area contributed by atoms with Crippen molar-refractivity contribution in [2.75, 3.05) is 0 Å². The third-order valence-electron chi connectivity index (χ3n) is 3.70. The number of benzene rings is 2. The first kappa shape index (κ1) is 15.7. The second-order valence-electron chi connectivity index (χ2n) is 5.50. The highest BCUT2D eigenvalue weighted by atomic mass is 32.2. The van der Waals surface area contributed by atoms with Gasteiger partial charge in [-0.3, -0.25) is 0 Å². The first-order valence-corrected chi connectivity index (χ1v) is 8.44. The van der Waals surface area contributed by atoms with Gasteiger partial charge in [-0.25, -0.2) is 13.1 Å². The molecule has 1 N–H and O–H groups in total. The molecule has 0 bridgehead atoms. The summed E-state index contributed by atoms with van der Waals surface area (Å²) in [5, 5.41) is 0. The highest BCUT2D eigenvalue weighted by Crippen LogP contribution is 2.19. The molecule has 1 atom stereocenters. The van der Waals surface area contributed by atoms with E-state index in [2.05, 4.69) is 4.72 Å². The first-order chi connectivity index (χ1) is 9.79. The smallest absolute Gasteiger partial charge is 0.207 e. The van der Waals surface area contributed by atoms with Crippen LogP contribution in [0, 0.1) is 20.8 Å². The summed E-state index contributed by atoms with van der Waals surface area (Å²) in [5.41, 5.74) is 4.16. The van der Waals surface area contributed by atoms with Gasteiger partial charge in [0.25, 0.3) is 0 Å². The van der Waals surface area contributed by atoms with Crippen molar-refractivity contribution in [3.8, 4) is 0 Å². The predicted molar refractivity (Wildman–Crippen MR) is 85.8 cm³/mol. The van der Waals surface area contributed by atoms with Crippen molar-refractivity contribution < 1.29 is 8.42 Å². The largest absolute Gasteiger partial charge is 0.241 e. The summed E-state index contributed by atoms with van der Waals surface area (Å²) in [6.45, 7) is 7.74. The average Bonchev–Trinajstić information content (AvgIpc) is 2.42. The zero-order chi connectivity index (χ0) is 15.6. The molecule has 1 unspecified atom stereocenters. The van der Waals surface area contributed by atoms with Gasteiger partial charge in [-0.1, -0.05) is 35.9 Å². The number of hydrogen-bond acceptors (Lipinski definition) is 2. The molecule has 0 aliphatic heterocycles. The third kappa shape index (κ3) is 3.71. The van der Waals surface area contributed by atoms with E-state index in [1.54, 1.807) is 12.1 Å². The Morgan fingerprint density at radius 3 is 2.10 bits per heavy atom. The molecule has 0 fully saturated rings. The SMILES string of the molecule is Cc1ccc(C(C)NS(=O)(=O)c2ccc(C)c(C)c2)cc1. The van der Waals surface area contributed by atoms with Crippen LogP contribution >= 0.6 is 0 Å². The van der Waals surface area contributed by atoms with Crippen LogP contribution < -0.4 is 4.72 Å². The van der Waals surface area contributed by atoms with Gasteiger partial charge in [-0.2, -0.15) is 0 Å². The highest BCUT2D eigenvalue weighted by Gasteiger charge is 2.18. The van der Waals surface area contributed by atoms with Crippen LogP contribution in [0.3, 0.4) is 0 Å². The van der Waals surface area contributed by atoms with Crippen LogP contribution in [0.1, 0.15) is 35.2 Å². The van der Waals surface area contributed by atoms with E-state index in [-0.39, 0.29) is 6.04 Å². The molecule has 0 amide bonds.